The molecule has 106 valence electrons. The van der Waals surface area contributed by atoms with Crippen molar-refractivity contribution in [2.75, 3.05) is 13.1 Å². The van der Waals surface area contributed by atoms with Crippen molar-refractivity contribution >= 4 is 23.2 Å². The number of carbonyl (C=O) groups is 2. The Labute approximate surface area is 118 Å². The minimum Gasteiger partial charge on any atom is -0.356 e. The molecule has 1 heterocycles. The van der Waals surface area contributed by atoms with Gasteiger partial charge in [-0.1, -0.05) is 19.9 Å². The maximum Gasteiger partial charge on any atom is 0.261 e. The first-order chi connectivity index (χ1) is 9.19. The van der Waals surface area contributed by atoms with E-state index in [1.165, 1.54) is 11.3 Å². The van der Waals surface area contributed by atoms with Gasteiger partial charge in [0.25, 0.3) is 5.91 Å². The van der Waals surface area contributed by atoms with Crippen molar-refractivity contribution in [3.8, 4) is 0 Å². The van der Waals surface area contributed by atoms with Crippen LogP contribution in [0, 0.1) is 5.92 Å². The topological polar surface area (TPSA) is 58.2 Å². The number of carbonyl (C=O) groups excluding carboxylic acids is 2. The van der Waals surface area contributed by atoms with Crippen LogP contribution in [0.3, 0.4) is 0 Å². The standard InChI is InChI=1S/C14H22N2O2S/c1-3-11(4-2)13(17)15-8-6-9-16-14(18)12-7-5-10-19-12/h5,7,10-11H,3-4,6,8-9H2,1-2H3,(H,15,17)(H,16,18). The van der Waals surface area contributed by atoms with Gasteiger partial charge in [0, 0.05) is 19.0 Å². The first-order valence-electron chi connectivity index (χ1n) is 6.78. The van der Waals surface area contributed by atoms with Gasteiger partial charge < -0.3 is 10.6 Å². The number of hydrogen-bond acceptors (Lipinski definition) is 3. The Bertz CT molecular complexity index is 386. The molecule has 1 aromatic rings. The lowest BCUT2D eigenvalue weighted by molar-refractivity contribution is -0.125. The molecule has 4 nitrogen and oxygen atoms in total. The van der Waals surface area contributed by atoms with Crippen LogP contribution in [0.2, 0.25) is 0 Å². The Kier molecular flexibility index (Phi) is 7.18. The van der Waals surface area contributed by atoms with Gasteiger partial charge in [0.05, 0.1) is 4.88 Å². The monoisotopic (exact) mass is 282 g/mol. The third-order valence-corrected chi connectivity index (χ3v) is 3.91. The number of nitrogens with one attached hydrogen (secondary N) is 2. The highest BCUT2D eigenvalue weighted by atomic mass is 32.1. The molecule has 0 saturated heterocycles. The molecule has 0 saturated carbocycles. The Morgan fingerprint density at radius 2 is 1.89 bits per heavy atom. The normalized spacial score (nSPS) is 10.5. The average molecular weight is 282 g/mol. The zero-order valence-corrected chi connectivity index (χ0v) is 12.4. The number of hydrogen-bond donors (Lipinski definition) is 2. The van der Waals surface area contributed by atoms with Crippen molar-refractivity contribution in [2.45, 2.75) is 33.1 Å². The van der Waals surface area contributed by atoms with Crippen molar-refractivity contribution in [2.24, 2.45) is 5.92 Å². The van der Waals surface area contributed by atoms with Gasteiger partial charge in [0.1, 0.15) is 0 Å². The van der Waals surface area contributed by atoms with Crippen LogP contribution in [0.15, 0.2) is 17.5 Å². The van der Waals surface area contributed by atoms with Crippen LogP contribution in [0.1, 0.15) is 42.8 Å². The van der Waals surface area contributed by atoms with Gasteiger partial charge in [-0.15, -0.1) is 11.3 Å². The predicted molar refractivity (Wildman–Crippen MR) is 78.4 cm³/mol. The first kappa shape index (κ1) is 15.7. The summed E-state index contributed by atoms with van der Waals surface area (Å²) >= 11 is 1.43. The lowest BCUT2D eigenvalue weighted by Crippen LogP contribution is -2.33. The average Bonchev–Trinajstić information content (AvgIpc) is 2.93. The summed E-state index contributed by atoms with van der Waals surface area (Å²) in [6.45, 7) is 5.24. The van der Waals surface area contributed by atoms with Gasteiger partial charge in [-0.2, -0.15) is 0 Å². The fourth-order valence-electron chi connectivity index (χ4n) is 1.80. The summed E-state index contributed by atoms with van der Waals surface area (Å²) in [5.41, 5.74) is 0. The molecular formula is C14H22N2O2S. The van der Waals surface area contributed by atoms with Gasteiger partial charge in [-0.05, 0) is 30.7 Å². The van der Waals surface area contributed by atoms with E-state index in [2.05, 4.69) is 10.6 Å². The number of amides is 2. The first-order valence-corrected chi connectivity index (χ1v) is 7.66. The SMILES string of the molecule is CCC(CC)C(=O)NCCCNC(=O)c1cccs1. The Hall–Kier alpha value is -1.36. The lowest BCUT2D eigenvalue weighted by Gasteiger charge is -2.12. The van der Waals surface area contributed by atoms with Crippen LogP contribution in [0.4, 0.5) is 0 Å². The van der Waals surface area contributed by atoms with E-state index < -0.39 is 0 Å². The van der Waals surface area contributed by atoms with Gasteiger partial charge in [0.2, 0.25) is 5.91 Å². The molecule has 0 bridgehead atoms. The van der Waals surface area contributed by atoms with E-state index in [1.807, 2.05) is 25.3 Å². The molecule has 0 aliphatic rings. The van der Waals surface area contributed by atoms with E-state index in [4.69, 9.17) is 0 Å². The highest BCUT2D eigenvalue weighted by Gasteiger charge is 2.12. The van der Waals surface area contributed by atoms with E-state index in [9.17, 15) is 9.59 Å². The summed E-state index contributed by atoms with van der Waals surface area (Å²) in [5.74, 6) is 0.191. The van der Waals surface area contributed by atoms with Crippen molar-refractivity contribution in [1.29, 1.82) is 0 Å². The van der Waals surface area contributed by atoms with Crippen molar-refractivity contribution in [3.05, 3.63) is 22.4 Å². The van der Waals surface area contributed by atoms with Crippen LogP contribution >= 0.6 is 11.3 Å². The molecule has 0 radical (unpaired) electrons. The van der Waals surface area contributed by atoms with Crippen LogP contribution in [-0.4, -0.2) is 24.9 Å². The maximum atomic E-state index is 11.7. The fraction of sp³-hybridized carbons (Fsp3) is 0.571. The second-order valence-electron chi connectivity index (χ2n) is 4.39. The molecule has 1 aromatic heterocycles. The molecule has 5 heteroatoms. The molecule has 0 aromatic carbocycles. The Morgan fingerprint density at radius 1 is 1.21 bits per heavy atom. The van der Waals surface area contributed by atoms with Crippen LogP contribution < -0.4 is 10.6 Å². The lowest BCUT2D eigenvalue weighted by atomic mass is 10.0. The fourth-order valence-corrected chi connectivity index (χ4v) is 2.44. The van der Waals surface area contributed by atoms with Crippen LogP contribution in [0.25, 0.3) is 0 Å². The maximum absolute atomic E-state index is 11.7. The molecule has 0 atom stereocenters. The predicted octanol–water partition coefficient (Wildman–Crippen LogP) is 2.42. The van der Waals surface area contributed by atoms with E-state index in [-0.39, 0.29) is 17.7 Å². The molecule has 0 aliphatic carbocycles. The number of thiophene rings is 1. The summed E-state index contributed by atoms with van der Waals surface area (Å²) in [5, 5.41) is 7.62. The quantitative estimate of drug-likeness (QED) is 0.719. The molecule has 2 amide bonds. The minimum atomic E-state index is -0.0404. The summed E-state index contributed by atoms with van der Waals surface area (Å²) in [6, 6.07) is 3.66. The molecule has 1 rings (SSSR count). The zero-order chi connectivity index (χ0) is 14.1. The summed E-state index contributed by atoms with van der Waals surface area (Å²) in [4.78, 5) is 24.0. The summed E-state index contributed by atoms with van der Waals surface area (Å²) in [7, 11) is 0. The molecule has 19 heavy (non-hydrogen) atoms. The highest BCUT2D eigenvalue weighted by molar-refractivity contribution is 7.12. The zero-order valence-electron chi connectivity index (χ0n) is 11.6. The third kappa shape index (κ3) is 5.42. The van der Waals surface area contributed by atoms with Crippen LogP contribution in [0.5, 0.6) is 0 Å². The Morgan fingerprint density at radius 3 is 2.47 bits per heavy atom. The van der Waals surface area contributed by atoms with Gasteiger partial charge in [0.15, 0.2) is 0 Å². The molecular weight excluding hydrogens is 260 g/mol. The highest BCUT2D eigenvalue weighted by Crippen LogP contribution is 2.08. The van der Waals surface area contributed by atoms with Crippen molar-refractivity contribution < 1.29 is 9.59 Å². The Balaban J connectivity index is 2.11. The van der Waals surface area contributed by atoms with Gasteiger partial charge >= 0.3 is 0 Å². The van der Waals surface area contributed by atoms with Crippen molar-refractivity contribution in [3.63, 3.8) is 0 Å². The van der Waals surface area contributed by atoms with Crippen molar-refractivity contribution in [1.82, 2.24) is 10.6 Å². The van der Waals surface area contributed by atoms with Gasteiger partial charge in [-0.25, -0.2) is 0 Å². The summed E-state index contributed by atoms with van der Waals surface area (Å²) < 4.78 is 0. The molecule has 2 N–H and O–H groups in total. The molecule has 0 aliphatic heterocycles. The van der Waals surface area contributed by atoms with E-state index in [1.54, 1.807) is 6.07 Å². The second kappa shape index (κ2) is 8.69. The van der Waals surface area contributed by atoms with E-state index in [0.29, 0.717) is 13.1 Å². The molecule has 0 unspecified atom stereocenters. The number of rotatable bonds is 8. The van der Waals surface area contributed by atoms with E-state index >= 15 is 0 Å². The summed E-state index contributed by atoms with van der Waals surface area (Å²) in [6.07, 6.45) is 2.50. The van der Waals surface area contributed by atoms with Gasteiger partial charge in [-0.3, -0.25) is 9.59 Å². The smallest absolute Gasteiger partial charge is 0.261 e. The van der Waals surface area contributed by atoms with E-state index in [0.717, 1.165) is 24.1 Å². The van der Waals surface area contributed by atoms with Crippen LogP contribution in [-0.2, 0) is 4.79 Å². The molecule has 0 spiro atoms. The second-order valence-corrected chi connectivity index (χ2v) is 5.34. The molecule has 0 fully saturated rings. The largest absolute Gasteiger partial charge is 0.356 e. The third-order valence-electron chi connectivity index (χ3n) is 3.04. The minimum absolute atomic E-state index is 0.0404.